The smallest absolute Gasteiger partial charge is 0.107 e. The fourth-order valence-corrected chi connectivity index (χ4v) is 2.81. The lowest BCUT2D eigenvalue weighted by Gasteiger charge is -2.05. The molecule has 1 aromatic carbocycles. The molecule has 0 aliphatic heterocycles. The highest BCUT2D eigenvalue weighted by Crippen LogP contribution is 2.29. The highest BCUT2D eigenvalue weighted by atomic mass is 79.9. The second-order valence-corrected chi connectivity index (χ2v) is 5.54. The number of pyridine rings is 1. The van der Waals surface area contributed by atoms with Crippen LogP contribution in [0.5, 0.6) is 0 Å². The van der Waals surface area contributed by atoms with Crippen LogP contribution in [0.1, 0.15) is 11.1 Å². The maximum atomic E-state index is 4.41. The van der Waals surface area contributed by atoms with Crippen LogP contribution in [0.25, 0.3) is 0 Å². The van der Waals surface area contributed by atoms with Crippen molar-refractivity contribution in [1.82, 2.24) is 4.98 Å². The summed E-state index contributed by atoms with van der Waals surface area (Å²) in [6, 6.07) is 12.4. The Morgan fingerprint density at radius 1 is 1.12 bits per heavy atom. The molecule has 1 heterocycles. The fourth-order valence-electron chi connectivity index (χ4n) is 1.47. The third-order valence-corrected chi connectivity index (χ3v) is 3.79. The van der Waals surface area contributed by atoms with Gasteiger partial charge in [0.15, 0.2) is 0 Å². The molecule has 1 aromatic heterocycles. The summed E-state index contributed by atoms with van der Waals surface area (Å²) in [5.74, 6) is 0. The summed E-state index contributed by atoms with van der Waals surface area (Å²) in [5.41, 5.74) is 2.59. The molecule has 0 aliphatic carbocycles. The quantitative estimate of drug-likeness (QED) is 0.750. The predicted octanol–water partition coefficient (Wildman–Crippen LogP) is 4.61. The molecule has 16 heavy (non-hydrogen) atoms. The van der Waals surface area contributed by atoms with Crippen LogP contribution in [0.3, 0.4) is 0 Å². The summed E-state index contributed by atoms with van der Waals surface area (Å²) in [7, 11) is 0. The van der Waals surface area contributed by atoms with E-state index in [2.05, 4.69) is 53.0 Å². The van der Waals surface area contributed by atoms with Crippen LogP contribution in [0.2, 0.25) is 0 Å². The number of hydrogen-bond acceptors (Lipinski definition) is 2. The number of hydrogen-bond donors (Lipinski definition) is 0. The van der Waals surface area contributed by atoms with Crippen LogP contribution in [0.15, 0.2) is 50.9 Å². The second kappa shape index (κ2) is 5.02. The van der Waals surface area contributed by atoms with Gasteiger partial charge >= 0.3 is 0 Å². The summed E-state index contributed by atoms with van der Waals surface area (Å²) in [6.07, 6.45) is 0. The van der Waals surface area contributed by atoms with Gasteiger partial charge in [0.2, 0.25) is 0 Å². The first-order valence-electron chi connectivity index (χ1n) is 5.03. The van der Waals surface area contributed by atoms with Crippen LogP contribution in [0.4, 0.5) is 0 Å². The summed E-state index contributed by atoms with van der Waals surface area (Å²) < 4.78 is 0.877. The van der Waals surface area contributed by atoms with Crippen molar-refractivity contribution < 1.29 is 0 Å². The Morgan fingerprint density at radius 3 is 2.62 bits per heavy atom. The molecule has 2 aromatic rings. The minimum absolute atomic E-state index is 0.877. The standard InChI is InChI=1S/C13H12BrNS/c1-9-6-7-11(10(2)8-9)16-13-5-3-4-12(14)15-13/h3-8H,1-2H3. The SMILES string of the molecule is Cc1ccc(Sc2cccc(Br)n2)c(C)c1. The van der Waals surface area contributed by atoms with Crippen LogP contribution < -0.4 is 0 Å². The van der Waals surface area contributed by atoms with Crippen LogP contribution >= 0.6 is 27.7 Å². The van der Waals surface area contributed by atoms with Crippen LogP contribution in [-0.2, 0) is 0 Å². The molecular formula is C13H12BrNS. The van der Waals surface area contributed by atoms with E-state index in [1.165, 1.54) is 16.0 Å². The van der Waals surface area contributed by atoms with Gasteiger partial charge < -0.3 is 0 Å². The number of aromatic nitrogens is 1. The highest BCUT2D eigenvalue weighted by Gasteiger charge is 2.02. The van der Waals surface area contributed by atoms with Gasteiger partial charge in [-0.3, -0.25) is 0 Å². The van der Waals surface area contributed by atoms with Crippen molar-refractivity contribution in [2.24, 2.45) is 0 Å². The molecule has 0 unspecified atom stereocenters. The van der Waals surface area contributed by atoms with Crippen molar-refractivity contribution in [2.45, 2.75) is 23.8 Å². The van der Waals surface area contributed by atoms with Gasteiger partial charge in [0, 0.05) is 4.90 Å². The second-order valence-electron chi connectivity index (χ2n) is 3.67. The molecule has 82 valence electrons. The number of nitrogens with zero attached hydrogens (tertiary/aromatic N) is 1. The first-order valence-corrected chi connectivity index (χ1v) is 6.64. The minimum Gasteiger partial charge on any atom is -0.234 e. The Labute approximate surface area is 108 Å². The third kappa shape index (κ3) is 2.86. The molecule has 0 fully saturated rings. The topological polar surface area (TPSA) is 12.9 Å². The molecule has 0 amide bonds. The molecule has 0 aliphatic rings. The molecule has 0 bridgehead atoms. The normalized spacial score (nSPS) is 10.4. The van der Waals surface area contributed by atoms with Crippen molar-refractivity contribution in [3.63, 3.8) is 0 Å². The van der Waals surface area contributed by atoms with E-state index in [-0.39, 0.29) is 0 Å². The van der Waals surface area contributed by atoms with E-state index in [0.717, 1.165) is 9.63 Å². The van der Waals surface area contributed by atoms with Crippen LogP contribution in [0, 0.1) is 13.8 Å². The highest BCUT2D eigenvalue weighted by molar-refractivity contribution is 9.10. The van der Waals surface area contributed by atoms with Gasteiger partial charge in [-0.1, -0.05) is 35.5 Å². The monoisotopic (exact) mass is 293 g/mol. The predicted molar refractivity (Wildman–Crippen MR) is 72.0 cm³/mol. The lowest BCUT2D eigenvalue weighted by atomic mass is 10.2. The molecule has 3 heteroatoms. The van der Waals surface area contributed by atoms with Crippen molar-refractivity contribution in [3.05, 3.63) is 52.1 Å². The summed E-state index contributed by atoms with van der Waals surface area (Å²) >= 11 is 5.08. The van der Waals surface area contributed by atoms with Crippen molar-refractivity contribution in [3.8, 4) is 0 Å². The van der Waals surface area contributed by atoms with Gasteiger partial charge in [-0.05, 0) is 53.5 Å². The zero-order valence-electron chi connectivity index (χ0n) is 9.20. The molecule has 0 spiro atoms. The number of rotatable bonds is 2. The van der Waals surface area contributed by atoms with Crippen molar-refractivity contribution >= 4 is 27.7 Å². The van der Waals surface area contributed by atoms with Gasteiger partial charge in [-0.2, -0.15) is 0 Å². The third-order valence-electron chi connectivity index (χ3n) is 2.23. The molecule has 1 nitrogen and oxygen atoms in total. The first-order chi connectivity index (χ1) is 7.65. The number of aryl methyl sites for hydroxylation is 2. The van der Waals surface area contributed by atoms with E-state index in [0.29, 0.717) is 0 Å². The van der Waals surface area contributed by atoms with E-state index in [1.807, 2.05) is 18.2 Å². The molecule has 0 saturated heterocycles. The van der Waals surface area contributed by atoms with Gasteiger partial charge in [0.05, 0.1) is 0 Å². The molecule has 0 atom stereocenters. The molecular weight excluding hydrogens is 282 g/mol. The first kappa shape index (κ1) is 11.7. The van der Waals surface area contributed by atoms with E-state index in [4.69, 9.17) is 0 Å². The fraction of sp³-hybridized carbons (Fsp3) is 0.154. The Morgan fingerprint density at radius 2 is 1.94 bits per heavy atom. The Balaban J connectivity index is 2.27. The Bertz CT molecular complexity index is 511. The number of halogens is 1. The Kier molecular flexibility index (Phi) is 3.66. The zero-order valence-corrected chi connectivity index (χ0v) is 11.6. The maximum Gasteiger partial charge on any atom is 0.107 e. The van der Waals surface area contributed by atoms with Gasteiger partial charge in [-0.15, -0.1) is 0 Å². The van der Waals surface area contributed by atoms with Crippen molar-refractivity contribution in [1.29, 1.82) is 0 Å². The summed E-state index contributed by atoms with van der Waals surface area (Å²) in [5, 5.41) is 1.02. The summed E-state index contributed by atoms with van der Waals surface area (Å²) in [6.45, 7) is 4.24. The van der Waals surface area contributed by atoms with E-state index in [1.54, 1.807) is 11.8 Å². The van der Waals surface area contributed by atoms with Gasteiger partial charge in [0.25, 0.3) is 0 Å². The zero-order chi connectivity index (χ0) is 11.5. The maximum absolute atomic E-state index is 4.41. The molecule has 0 radical (unpaired) electrons. The largest absolute Gasteiger partial charge is 0.234 e. The van der Waals surface area contributed by atoms with E-state index in [9.17, 15) is 0 Å². The average molecular weight is 294 g/mol. The molecule has 0 saturated carbocycles. The van der Waals surface area contributed by atoms with Gasteiger partial charge in [0.1, 0.15) is 9.63 Å². The lowest BCUT2D eigenvalue weighted by molar-refractivity contribution is 1.10. The lowest BCUT2D eigenvalue weighted by Crippen LogP contribution is -1.84. The molecule has 2 rings (SSSR count). The number of benzene rings is 1. The van der Waals surface area contributed by atoms with Crippen LogP contribution in [-0.4, -0.2) is 4.98 Å². The van der Waals surface area contributed by atoms with Gasteiger partial charge in [-0.25, -0.2) is 4.98 Å². The van der Waals surface area contributed by atoms with E-state index >= 15 is 0 Å². The minimum atomic E-state index is 0.877. The average Bonchev–Trinajstić information content (AvgIpc) is 2.22. The van der Waals surface area contributed by atoms with Crippen molar-refractivity contribution in [2.75, 3.05) is 0 Å². The Hall–Kier alpha value is -0.800. The van der Waals surface area contributed by atoms with E-state index < -0.39 is 0 Å². The molecule has 0 N–H and O–H groups in total. The summed E-state index contributed by atoms with van der Waals surface area (Å²) in [4.78, 5) is 5.67.